The summed E-state index contributed by atoms with van der Waals surface area (Å²) in [6, 6.07) is 12.8. The lowest BCUT2D eigenvalue weighted by Crippen LogP contribution is -2.13. The van der Waals surface area contributed by atoms with Gasteiger partial charge in [-0.3, -0.25) is 10.1 Å². The SMILES string of the molecule is CCOc1cc(/C=C(/C#N)C(=O)Nc2ncc(C)s2)ccc1OCc1ccc2c(c1)OCO2. The van der Waals surface area contributed by atoms with Crippen LogP contribution in [-0.2, 0) is 11.4 Å². The van der Waals surface area contributed by atoms with Crippen LogP contribution in [0, 0.1) is 18.3 Å². The molecular weight excluding hydrogens is 442 g/mol. The second kappa shape index (κ2) is 10.1. The van der Waals surface area contributed by atoms with Crippen molar-refractivity contribution in [1.29, 1.82) is 5.26 Å². The van der Waals surface area contributed by atoms with Crippen LogP contribution in [0.15, 0.2) is 48.2 Å². The van der Waals surface area contributed by atoms with E-state index in [4.69, 9.17) is 18.9 Å². The van der Waals surface area contributed by atoms with Gasteiger partial charge in [-0.2, -0.15) is 5.26 Å². The molecule has 0 aliphatic carbocycles. The first kappa shape index (κ1) is 22.2. The van der Waals surface area contributed by atoms with E-state index < -0.39 is 5.91 Å². The normalized spacial score (nSPS) is 12.2. The maximum Gasteiger partial charge on any atom is 0.268 e. The monoisotopic (exact) mass is 463 g/mol. The van der Waals surface area contributed by atoms with Gasteiger partial charge in [0, 0.05) is 11.1 Å². The van der Waals surface area contributed by atoms with E-state index in [1.54, 1.807) is 24.4 Å². The molecule has 0 spiro atoms. The lowest BCUT2D eigenvalue weighted by molar-refractivity contribution is -0.112. The van der Waals surface area contributed by atoms with Gasteiger partial charge < -0.3 is 18.9 Å². The number of nitrogens with one attached hydrogen (secondary N) is 1. The highest BCUT2D eigenvalue weighted by atomic mass is 32.1. The maximum atomic E-state index is 12.5. The van der Waals surface area contributed by atoms with Gasteiger partial charge in [-0.1, -0.05) is 12.1 Å². The molecule has 33 heavy (non-hydrogen) atoms. The van der Waals surface area contributed by atoms with Gasteiger partial charge in [0.15, 0.2) is 28.1 Å². The van der Waals surface area contributed by atoms with Gasteiger partial charge in [-0.05, 0) is 55.3 Å². The van der Waals surface area contributed by atoms with Gasteiger partial charge in [0.05, 0.1) is 6.61 Å². The van der Waals surface area contributed by atoms with Gasteiger partial charge in [0.1, 0.15) is 18.2 Å². The number of aryl methyl sites for hydroxylation is 1. The molecule has 0 atom stereocenters. The van der Waals surface area contributed by atoms with Crippen molar-refractivity contribution in [2.75, 3.05) is 18.7 Å². The number of ether oxygens (including phenoxy) is 4. The molecule has 2 heterocycles. The number of rotatable bonds is 8. The average Bonchev–Trinajstić information content (AvgIpc) is 3.45. The molecule has 1 N–H and O–H groups in total. The highest BCUT2D eigenvalue weighted by molar-refractivity contribution is 7.15. The molecule has 3 aromatic rings. The summed E-state index contributed by atoms with van der Waals surface area (Å²) >= 11 is 1.34. The smallest absolute Gasteiger partial charge is 0.268 e. The topological polar surface area (TPSA) is 103 Å². The molecule has 2 aromatic carbocycles. The molecule has 0 saturated heterocycles. The van der Waals surface area contributed by atoms with Crippen LogP contribution in [0.2, 0.25) is 0 Å². The van der Waals surface area contributed by atoms with E-state index in [0.29, 0.717) is 46.9 Å². The van der Waals surface area contributed by atoms with E-state index in [-0.39, 0.29) is 12.4 Å². The van der Waals surface area contributed by atoms with Crippen molar-refractivity contribution in [3.05, 3.63) is 64.2 Å². The van der Waals surface area contributed by atoms with Crippen LogP contribution >= 0.6 is 11.3 Å². The van der Waals surface area contributed by atoms with Crippen molar-refractivity contribution in [1.82, 2.24) is 4.98 Å². The van der Waals surface area contributed by atoms with Crippen LogP contribution in [0.3, 0.4) is 0 Å². The molecule has 1 aliphatic heterocycles. The third-order valence-electron chi connectivity index (χ3n) is 4.62. The summed E-state index contributed by atoms with van der Waals surface area (Å²) in [5.74, 6) is 1.95. The second-order valence-corrected chi connectivity index (χ2v) is 8.25. The van der Waals surface area contributed by atoms with Gasteiger partial charge in [-0.15, -0.1) is 11.3 Å². The highest BCUT2D eigenvalue weighted by Gasteiger charge is 2.15. The molecule has 1 aliphatic rings. The van der Waals surface area contributed by atoms with Gasteiger partial charge in [0.25, 0.3) is 5.91 Å². The Hall–Kier alpha value is -4.03. The van der Waals surface area contributed by atoms with E-state index >= 15 is 0 Å². The third kappa shape index (κ3) is 5.42. The minimum Gasteiger partial charge on any atom is -0.490 e. The zero-order valence-electron chi connectivity index (χ0n) is 18.1. The van der Waals surface area contributed by atoms with Crippen LogP contribution in [0.4, 0.5) is 5.13 Å². The van der Waals surface area contributed by atoms with Crippen molar-refractivity contribution in [3.8, 4) is 29.1 Å². The molecular formula is C24H21N3O5S. The Kier molecular flexibility index (Phi) is 6.76. The van der Waals surface area contributed by atoms with Crippen molar-refractivity contribution in [3.63, 3.8) is 0 Å². The molecule has 0 bridgehead atoms. The fourth-order valence-electron chi connectivity index (χ4n) is 3.09. The molecule has 0 fully saturated rings. The second-order valence-electron chi connectivity index (χ2n) is 7.02. The number of nitrogens with zero attached hydrogens (tertiary/aromatic N) is 2. The lowest BCUT2D eigenvalue weighted by atomic mass is 10.1. The zero-order chi connectivity index (χ0) is 23.2. The first-order valence-electron chi connectivity index (χ1n) is 10.2. The Morgan fingerprint density at radius 2 is 2.06 bits per heavy atom. The summed E-state index contributed by atoms with van der Waals surface area (Å²) in [6.07, 6.45) is 3.16. The number of thiazole rings is 1. The summed E-state index contributed by atoms with van der Waals surface area (Å²) in [7, 11) is 0. The Morgan fingerprint density at radius 3 is 2.82 bits per heavy atom. The lowest BCUT2D eigenvalue weighted by Gasteiger charge is -2.13. The van der Waals surface area contributed by atoms with Crippen LogP contribution in [-0.4, -0.2) is 24.3 Å². The maximum absolute atomic E-state index is 12.5. The molecule has 168 valence electrons. The predicted molar refractivity (Wildman–Crippen MR) is 124 cm³/mol. The molecule has 9 heteroatoms. The van der Waals surface area contributed by atoms with Gasteiger partial charge >= 0.3 is 0 Å². The number of nitriles is 1. The summed E-state index contributed by atoms with van der Waals surface area (Å²) in [4.78, 5) is 17.5. The highest BCUT2D eigenvalue weighted by Crippen LogP contribution is 2.34. The number of amides is 1. The number of carbonyl (C=O) groups is 1. The molecule has 4 rings (SSSR count). The number of hydrogen-bond acceptors (Lipinski definition) is 8. The van der Waals surface area contributed by atoms with Crippen LogP contribution in [0.5, 0.6) is 23.0 Å². The molecule has 0 unspecified atom stereocenters. The van der Waals surface area contributed by atoms with E-state index in [2.05, 4.69) is 10.3 Å². The number of anilines is 1. The summed E-state index contributed by atoms with van der Waals surface area (Å²) in [5.41, 5.74) is 1.52. The standard InChI is InChI=1S/C24H21N3O5S/c1-3-29-21-9-16(8-18(11-25)23(28)27-24-26-12-15(2)33-24)4-6-19(21)30-13-17-5-7-20-22(10-17)32-14-31-20/h4-10,12H,3,13-14H2,1-2H3,(H,26,27,28)/b18-8-. The van der Waals surface area contributed by atoms with Crippen LogP contribution in [0.25, 0.3) is 6.08 Å². The summed E-state index contributed by atoms with van der Waals surface area (Å²) in [6.45, 7) is 4.72. The summed E-state index contributed by atoms with van der Waals surface area (Å²) < 4.78 is 22.4. The van der Waals surface area contributed by atoms with Crippen LogP contribution in [0.1, 0.15) is 22.9 Å². The number of hydrogen-bond donors (Lipinski definition) is 1. The van der Waals surface area contributed by atoms with E-state index in [9.17, 15) is 10.1 Å². The van der Waals surface area contributed by atoms with E-state index in [1.807, 2.05) is 38.1 Å². The van der Waals surface area contributed by atoms with Crippen molar-refractivity contribution >= 4 is 28.5 Å². The number of carbonyl (C=O) groups excluding carboxylic acids is 1. The van der Waals surface area contributed by atoms with E-state index in [0.717, 1.165) is 10.4 Å². The Balaban J connectivity index is 1.49. The van der Waals surface area contributed by atoms with Gasteiger partial charge in [0.2, 0.25) is 6.79 Å². The number of aromatic nitrogens is 1. The molecule has 8 nitrogen and oxygen atoms in total. The quantitative estimate of drug-likeness (QED) is 0.381. The van der Waals surface area contributed by atoms with Crippen LogP contribution < -0.4 is 24.3 Å². The molecule has 0 saturated carbocycles. The van der Waals surface area contributed by atoms with Crippen molar-refractivity contribution < 1.29 is 23.7 Å². The van der Waals surface area contributed by atoms with E-state index in [1.165, 1.54) is 17.4 Å². The minimum atomic E-state index is -0.520. The van der Waals surface area contributed by atoms with Crippen molar-refractivity contribution in [2.24, 2.45) is 0 Å². The predicted octanol–water partition coefficient (Wildman–Crippen LogP) is 4.70. The molecule has 1 amide bonds. The number of benzene rings is 2. The Morgan fingerprint density at radius 1 is 1.21 bits per heavy atom. The minimum absolute atomic E-state index is 0.0423. The third-order valence-corrected chi connectivity index (χ3v) is 5.44. The Labute approximate surface area is 195 Å². The largest absolute Gasteiger partial charge is 0.490 e. The molecule has 0 radical (unpaired) electrons. The van der Waals surface area contributed by atoms with Gasteiger partial charge in [-0.25, -0.2) is 4.98 Å². The number of fused-ring (bicyclic) bond motifs is 1. The fraction of sp³-hybridized carbons (Fsp3) is 0.208. The summed E-state index contributed by atoms with van der Waals surface area (Å²) in [5, 5.41) is 12.6. The fourth-order valence-corrected chi connectivity index (χ4v) is 3.75. The first-order valence-corrected chi connectivity index (χ1v) is 11.0. The molecule has 1 aromatic heterocycles. The first-order chi connectivity index (χ1) is 16.1. The Bertz CT molecular complexity index is 1250. The average molecular weight is 464 g/mol. The van der Waals surface area contributed by atoms with Crippen molar-refractivity contribution in [2.45, 2.75) is 20.5 Å². The zero-order valence-corrected chi connectivity index (χ0v) is 18.9.